The van der Waals surface area contributed by atoms with Crippen LogP contribution in [0.3, 0.4) is 0 Å². The normalized spacial score (nSPS) is 13.2. The molecule has 100 valence electrons. The Morgan fingerprint density at radius 3 is 2.33 bits per heavy atom. The molecule has 1 rings (SSSR count). The molecule has 0 aliphatic carbocycles. The molecule has 0 fully saturated rings. The molecule has 0 aliphatic rings. The number of benzene rings is 1. The van der Waals surface area contributed by atoms with Crippen LogP contribution in [0.15, 0.2) is 24.3 Å². The van der Waals surface area contributed by atoms with E-state index in [4.69, 9.17) is 0 Å². The fourth-order valence-corrected chi connectivity index (χ4v) is 1.80. The van der Waals surface area contributed by atoms with Crippen molar-refractivity contribution in [2.75, 3.05) is 5.33 Å². The summed E-state index contributed by atoms with van der Waals surface area (Å²) in [6, 6.07) is 4.48. The molecular weight excluding hydrogens is 311 g/mol. The largest absolute Gasteiger partial charge is 0.416 e. The van der Waals surface area contributed by atoms with E-state index >= 15 is 0 Å². The number of alkyl halides is 4. The Labute approximate surface area is 112 Å². The van der Waals surface area contributed by atoms with Crippen molar-refractivity contribution in [3.63, 3.8) is 0 Å². The zero-order valence-electron chi connectivity index (χ0n) is 9.72. The number of amides is 1. The van der Waals surface area contributed by atoms with Crippen molar-refractivity contribution >= 4 is 21.8 Å². The van der Waals surface area contributed by atoms with Gasteiger partial charge in [0.15, 0.2) is 0 Å². The summed E-state index contributed by atoms with van der Waals surface area (Å²) >= 11 is 3.14. The lowest BCUT2D eigenvalue weighted by Gasteiger charge is -2.15. The summed E-state index contributed by atoms with van der Waals surface area (Å²) in [6.07, 6.45) is -3.99. The van der Waals surface area contributed by atoms with Crippen molar-refractivity contribution in [1.82, 2.24) is 5.32 Å². The highest BCUT2D eigenvalue weighted by Crippen LogP contribution is 2.29. The van der Waals surface area contributed by atoms with Gasteiger partial charge in [0.1, 0.15) is 0 Å². The van der Waals surface area contributed by atoms with Crippen LogP contribution in [-0.2, 0) is 11.0 Å². The van der Waals surface area contributed by atoms with Gasteiger partial charge in [0.2, 0.25) is 5.91 Å². The van der Waals surface area contributed by atoms with Crippen LogP contribution in [0, 0.1) is 0 Å². The summed E-state index contributed by atoms with van der Waals surface area (Å²) in [5.41, 5.74) is -0.0452. The first-order valence-electron chi connectivity index (χ1n) is 5.37. The molecular formula is C12H13BrF3NO. The van der Waals surface area contributed by atoms with E-state index in [1.165, 1.54) is 12.1 Å². The Kier molecular flexibility index (Phi) is 5.19. The van der Waals surface area contributed by atoms with Crippen LogP contribution in [0.2, 0.25) is 0 Å². The molecule has 6 heteroatoms. The molecule has 0 saturated carbocycles. The highest BCUT2D eigenvalue weighted by atomic mass is 79.9. The predicted octanol–water partition coefficient (Wildman–Crippen LogP) is 3.67. The number of carbonyl (C=O) groups is 1. The topological polar surface area (TPSA) is 29.1 Å². The quantitative estimate of drug-likeness (QED) is 0.842. The highest BCUT2D eigenvalue weighted by molar-refractivity contribution is 9.09. The van der Waals surface area contributed by atoms with Crippen molar-refractivity contribution in [2.24, 2.45) is 0 Å². The molecule has 1 aromatic rings. The van der Waals surface area contributed by atoms with E-state index in [2.05, 4.69) is 21.2 Å². The number of rotatable bonds is 4. The van der Waals surface area contributed by atoms with E-state index in [1.54, 1.807) is 6.92 Å². The molecule has 0 spiro atoms. The third kappa shape index (κ3) is 4.33. The number of hydrogen-bond acceptors (Lipinski definition) is 1. The summed E-state index contributed by atoms with van der Waals surface area (Å²) in [5, 5.41) is 3.26. The van der Waals surface area contributed by atoms with E-state index < -0.39 is 11.7 Å². The first-order chi connectivity index (χ1) is 8.34. The van der Waals surface area contributed by atoms with Crippen LogP contribution in [-0.4, -0.2) is 11.2 Å². The van der Waals surface area contributed by atoms with Crippen LogP contribution in [0.4, 0.5) is 13.2 Å². The van der Waals surface area contributed by atoms with E-state index in [0.29, 0.717) is 17.3 Å². The second kappa shape index (κ2) is 6.22. The molecule has 0 radical (unpaired) electrons. The maximum atomic E-state index is 12.4. The summed E-state index contributed by atoms with van der Waals surface area (Å²) in [6.45, 7) is 1.73. The Bertz CT molecular complexity index is 403. The highest BCUT2D eigenvalue weighted by Gasteiger charge is 2.30. The monoisotopic (exact) mass is 323 g/mol. The van der Waals surface area contributed by atoms with Crippen molar-refractivity contribution in [1.29, 1.82) is 0 Å². The van der Waals surface area contributed by atoms with Crippen molar-refractivity contribution < 1.29 is 18.0 Å². The summed E-state index contributed by atoms with van der Waals surface area (Å²) in [4.78, 5) is 11.3. The summed E-state index contributed by atoms with van der Waals surface area (Å²) < 4.78 is 37.1. The third-order valence-corrected chi connectivity index (χ3v) is 2.83. The lowest BCUT2D eigenvalue weighted by atomic mass is 10.1. The fourth-order valence-electron chi connectivity index (χ4n) is 1.44. The molecule has 1 N–H and O–H groups in total. The van der Waals surface area contributed by atoms with Gasteiger partial charge in [-0.2, -0.15) is 13.2 Å². The van der Waals surface area contributed by atoms with Crippen molar-refractivity contribution in [3.8, 4) is 0 Å². The average molecular weight is 324 g/mol. The molecule has 0 heterocycles. The van der Waals surface area contributed by atoms with Gasteiger partial charge in [0.25, 0.3) is 0 Å². The smallest absolute Gasteiger partial charge is 0.350 e. The van der Waals surface area contributed by atoms with Crippen LogP contribution in [0.5, 0.6) is 0 Å². The molecule has 0 saturated heterocycles. The van der Waals surface area contributed by atoms with Crippen molar-refractivity contribution in [3.05, 3.63) is 35.4 Å². The number of carbonyl (C=O) groups excluding carboxylic acids is 1. The van der Waals surface area contributed by atoms with Gasteiger partial charge in [-0.15, -0.1) is 0 Å². The van der Waals surface area contributed by atoms with Gasteiger partial charge < -0.3 is 5.32 Å². The third-order valence-electron chi connectivity index (χ3n) is 2.44. The molecule has 18 heavy (non-hydrogen) atoms. The number of hydrogen-bond donors (Lipinski definition) is 1. The van der Waals surface area contributed by atoms with Crippen LogP contribution >= 0.6 is 15.9 Å². The van der Waals surface area contributed by atoms with Gasteiger partial charge in [-0.25, -0.2) is 0 Å². The molecule has 1 unspecified atom stereocenters. The van der Waals surface area contributed by atoms with E-state index in [1.807, 2.05) is 0 Å². The summed E-state index contributed by atoms with van der Waals surface area (Å²) in [5.74, 6) is -0.140. The van der Waals surface area contributed by atoms with Gasteiger partial charge >= 0.3 is 6.18 Å². The Balaban J connectivity index is 2.70. The van der Waals surface area contributed by atoms with Gasteiger partial charge in [0, 0.05) is 11.8 Å². The molecule has 0 aliphatic heterocycles. The fraction of sp³-hybridized carbons (Fsp3) is 0.417. The maximum absolute atomic E-state index is 12.4. The molecule has 0 aromatic heterocycles. The van der Waals surface area contributed by atoms with Gasteiger partial charge in [-0.05, 0) is 24.6 Å². The standard InChI is InChI=1S/C12H13BrF3NO/c1-8(17-11(18)6-7-13)9-2-4-10(5-3-9)12(14,15)16/h2-5,8H,6-7H2,1H3,(H,17,18). The lowest BCUT2D eigenvalue weighted by Crippen LogP contribution is -2.26. The zero-order chi connectivity index (χ0) is 13.8. The minimum Gasteiger partial charge on any atom is -0.350 e. The predicted molar refractivity (Wildman–Crippen MR) is 66.4 cm³/mol. The summed E-state index contributed by atoms with van der Waals surface area (Å²) in [7, 11) is 0. The maximum Gasteiger partial charge on any atom is 0.416 e. The second-order valence-electron chi connectivity index (χ2n) is 3.85. The minimum absolute atomic E-state index is 0.140. The number of halogens is 4. The van der Waals surface area contributed by atoms with Crippen molar-refractivity contribution in [2.45, 2.75) is 25.6 Å². The molecule has 2 nitrogen and oxygen atoms in total. The average Bonchev–Trinajstić information content (AvgIpc) is 2.28. The van der Waals surface area contributed by atoms with Gasteiger partial charge in [-0.3, -0.25) is 4.79 Å². The molecule has 0 bridgehead atoms. The van der Waals surface area contributed by atoms with E-state index in [-0.39, 0.29) is 11.9 Å². The minimum atomic E-state index is -4.33. The Hall–Kier alpha value is -1.04. The van der Waals surface area contributed by atoms with E-state index in [9.17, 15) is 18.0 Å². The Morgan fingerprint density at radius 1 is 1.33 bits per heavy atom. The first-order valence-corrected chi connectivity index (χ1v) is 6.49. The molecule has 1 amide bonds. The lowest BCUT2D eigenvalue weighted by molar-refractivity contribution is -0.137. The molecule has 1 atom stereocenters. The Morgan fingerprint density at radius 2 is 1.89 bits per heavy atom. The van der Waals surface area contributed by atoms with Crippen LogP contribution in [0.25, 0.3) is 0 Å². The van der Waals surface area contributed by atoms with Crippen LogP contribution in [0.1, 0.15) is 30.5 Å². The van der Waals surface area contributed by atoms with Crippen LogP contribution < -0.4 is 5.32 Å². The first kappa shape index (κ1) is 15.0. The van der Waals surface area contributed by atoms with E-state index in [0.717, 1.165) is 12.1 Å². The SMILES string of the molecule is CC(NC(=O)CCBr)c1ccc(C(F)(F)F)cc1. The molecule has 1 aromatic carbocycles. The van der Waals surface area contributed by atoms with Gasteiger partial charge in [-0.1, -0.05) is 28.1 Å². The van der Waals surface area contributed by atoms with Gasteiger partial charge in [0.05, 0.1) is 11.6 Å². The zero-order valence-corrected chi connectivity index (χ0v) is 11.3. The number of nitrogens with one attached hydrogen (secondary N) is 1. The second-order valence-corrected chi connectivity index (χ2v) is 4.64.